The number of rotatable bonds is 4. The molecule has 1 N–H and O–H groups in total. The number of amides is 1. The molecule has 1 aromatic carbocycles. The molecule has 1 amide bonds. The van der Waals surface area contributed by atoms with Crippen molar-refractivity contribution in [2.45, 2.75) is 19.3 Å². The van der Waals surface area contributed by atoms with Gasteiger partial charge in [0.05, 0.1) is 12.7 Å². The highest BCUT2D eigenvalue weighted by atomic mass is 16.5. The van der Waals surface area contributed by atoms with Gasteiger partial charge in [-0.05, 0) is 43.0 Å². The Kier molecular flexibility index (Phi) is 3.42. The Hall–Kier alpha value is -1.84. The van der Waals surface area contributed by atoms with E-state index in [0.717, 1.165) is 12.8 Å². The van der Waals surface area contributed by atoms with Crippen LogP contribution in [-0.4, -0.2) is 19.0 Å². The van der Waals surface area contributed by atoms with E-state index in [1.165, 1.54) is 7.11 Å². The highest BCUT2D eigenvalue weighted by Crippen LogP contribution is 2.32. The zero-order chi connectivity index (χ0) is 12.3. The van der Waals surface area contributed by atoms with Gasteiger partial charge in [0.25, 0.3) is 0 Å². The molecule has 17 heavy (non-hydrogen) atoms. The van der Waals surface area contributed by atoms with Crippen LogP contribution in [0.4, 0.5) is 5.69 Å². The van der Waals surface area contributed by atoms with Crippen LogP contribution in [0.3, 0.4) is 0 Å². The van der Waals surface area contributed by atoms with Crippen LogP contribution in [0, 0.1) is 5.92 Å². The molecule has 0 unspecified atom stereocenters. The topological polar surface area (TPSA) is 55.4 Å². The van der Waals surface area contributed by atoms with Crippen molar-refractivity contribution in [2.24, 2.45) is 5.92 Å². The quantitative estimate of drug-likeness (QED) is 0.811. The molecule has 0 aliphatic heterocycles. The van der Waals surface area contributed by atoms with Crippen molar-refractivity contribution in [3.63, 3.8) is 0 Å². The molecule has 1 aliphatic rings. The molecule has 0 bridgehead atoms. The second-order valence-electron chi connectivity index (χ2n) is 4.26. The lowest BCUT2D eigenvalue weighted by molar-refractivity contribution is -0.116. The number of hydrogen-bond acceptors (Lipinski definition) is 3. The summed E-state index contributed by atoms with van der Waals surface area (Å²) in [5.74, 6) is 0.239. The molecule has 1 saturated carbocycles. The third-order valence-electron chi connectivity index (χ3n) is 2.76. The Morgan fingerprint density at radius 3 is 2.47 bits per heavy atom. The van der Waals surface area contributed by atoms with E-state index in [-0.39, 0.29) is 11.9 Å². The third kappa shape index (κ3) is 3.31. The van der Waals surface area contributed by atoms with E-state index in [1.54, 1.807) is 24.3 Å². The molecule has 1 aromatic rings. The fourth-order valence-corrected chi connectivity index (χ4v) is 1.60. The van der Waals surface area contributed by atoms with Gasteiger partial charge < -0.3 is 10.1 Å². The van der Waals surface area contributed by atoms with Crippen molar-refractivity contribution in [3.8, 4) is 0 Å². The fourth-order valence-electron chi connectivity index (χ4n) is 1.60. The number of carbonyl (C=O) groups excluding carboxylic acids is 2. The first-order valence-corrected chi connectivity index (χ1v) is 5.67. The Morgan fingerprint density at radius 1 is 1.29 bits per heavy atom. The van der Waals surface area contributed by atoms with Crippen molar-refractivity contribution in [2.75, 3.05) is 12.4 Å². The maximum absolute atomic E-state index is 11.5. The van der Waals surface area contributed by atoms with Gasteiger partial charge in [-0.3, -0.25) is 4.79 Å². The lowest BCUT2D eigenvalue weighted by atomic mass is 10.2. The van der Waals surface area contributed by atoms with Gasteiger partial charge in [-0.15, -0.1) is 0 Å². The lowest BCUT2D eigenvalue weighted by Gasteiger charge is -2.05. The van der Waals surface area contributed by atoms with Crippen LogP contribution in [0.2, 0.25) is 0 Å². The number of hydrogen-bond donors (Lipinski definition) is 1. The molecule has 4 heteroatoms. The lowest BCUT2D eigenvalue weighted by Crippen LogP contribution is -2.12. The third-order valence-corrected chi connectivity index (χ3v) is 2.76. The van der Waals surface area contributed by atoms with Crippen LogP contribution in [0.25, 0.3) is 0 Å². The van der Waals surface area contributed by atoms with Crippen molar-refractivity contribution >= 4 is 17.6 Å². The van der Waals surface area contributed by atoms with E-state index >= 15 is 0 Å². The maximum Gasteiger partial charge on any atom is 0.337 e. The highest BCUT2D eigenvalue weighted by Gasteiger charge is 2.24. The van der Waals surface area contributed by atoms with Gasteiger partial charge >= 0.3 is 5.97 Å². The van der Waals surface area contributed by atoms with Crippen LogP contribution < -0.4 is 5.32 Å². The minimum atomic E-state index is -0.374. The molecule has 90 valence electrons. The standard InChI is InChI=1S/C13H15NO3/c1-17-13(16)10-4-6-11(7-5-10)14-12(15)8-9-2-3-9/h4-7,9H,2-3,8H2,1H3,(H,14,15). The molecule has 2 rings (SSSR count). The Balaban J connectivity index is 1.92. The molecular formula is C13H15NO3. The van der Waals surface area contributed by atoms with Crippen molar-refractivity contribution < 1.29 is 14.3 Å². The monoisotopic (exact) mass is 233 g/mol. The summed E-state index contributed by atoms with van der Waals surface area (Å²) in [6.07, 6.45) is 2.92. The molecule has 4 nitrogen and oxygen atoms in total. The number of anilines is 1. The summed E-state index contributed by atoms with van der Waals surface area (Å²) >= 11 is 0. The number of ether oxygens (including phenoxy) is 1. The average Bonchev–Trinajstić information content (AvgIpc) is 3.12. The number of esters is 1. The maximum atomic E-state index is 11.5. The Labute approximate surface area is 100.0 Å². The summed E-state index contributed by atoms with van der Waals surface area (Å²) in [6, 6.07) is 6.69. The first-order valence-electron chi connectivity index (χ1n) is 5.67. The number of carbonyl (C=O) groups is 2. The summed E-state index contributed by atoms with van der Waals surface area (Å²) in [5.41, 5.74) is 1.19. The van der Waals surface area contributed by atoms with Crippen molar-refractivity contribution in [3.05, 3.63) is 29.8 Å². The molecule has 0 atom stereocenters. The molecule has 1 aliphatic carbocycles. The second kappa shape index (κ2) is 4.99. The summed E-state index contributed by atoms with van der Waals surface area (Å²) in [4.78, 5) is 22.7. The summed E-state index contributed by atoms with van der Waals surface area (Å²) in [5, 5.41) is 2.81. The summed E-state index contributed by atoms with van der Waals surface area (Å²) in [6.45, 7) is 0. The van der Waals surface area contributed by atoms with E-state index in [9.17, 15) is 9.59 Å². The van der Waals surface area contributed by atoms with E-state index in [4.69, 9.17) is 0 Å². The Morgan fingerprint density at radius 2 is 1.94 bits per heavy atom. The van der Waals surface area contributed by atoms with Gasteiger partial charge in [0.1, 0.15) is 0 Å². The molecule has 0 aromatic heterocycles. The van der Waals surface area contributed by atoms with Gasteiger partial charge in [-0.25, -0.2) is 4.79 Å². The molecule has 1 fully saturated rings. The smallest absolute Gasteiger partial charge is 0.337 e. The minimum Gasteiger partial charge on any atom is -0.465 e. The normalized spacial score (nSPS) is 14.2. The predicted molar refractivity (Wildman–Crippen MR) is 63.8 cm³/mol. The van der Waals surface area contributed by atoms with E-state index in [0.29, 0.717) is 23.6 Å². The second-order valence-corrected chi connectivity index (χ2v) is 4.26. The predicted octanol–water partition coefficient (Wildman–Crippen LogP) is 2.21. The number of methoxy groups -OCH3 is 1. The van der Waals surface area contributed by atoms with Gasteiger partial charge in [-0.1, -0.05) is 0 Å². The van der Waals surface area contributed by atoms with Crippen molar-refractivity contribution in [1.29, 1.82) is 0 Å². The SMILES string of the molecule is COC(=O)c1ccc(NC(=O)CC2CC2)cc1. The zero-order valence-corrected chi connectivity index (χ0v) is 9.73. The average molecular weight is 233 g/mol. The van der Waals surface area contributed by atoms with E-state index in [2.05, 4.69) is 10.1 Å². The molecule has 0 heterocycles. The van der Waals surface area contributed by atoms with Crippen LogP contribution in [0.5, 0.6) is 0 Å². The highest BCUT2D eigenvalue weighted by molar-refractivity contribution is 5.93. The first kappa shape index (κ1) is 11.6. The zero-order valence-electron chi connectivity index (χ0n) is 9.73. The van der Waals surface area contributed by atoms with Crippen LogP contribution in [0.15, 0.2) is 24.3 Å². The van der Waals surface area contributed by atoms with E-state index < -0.39 is 0 Å². The Bertz CT molecular complexity index is 421. The summed E-state index contributed by atoms with van der Waals surface area (Å²) in [7, 11) is 1.34. The fraction of sp³-hybridized carbons (Fsp3) is 0.385. The molecule has 0 spiro atoms. The largest absolute Gasteiger partial charge is 0.465 e. The molecular weight excluding hydrogens is 218 g/mol. The minimum absolute atomic E-state index is 0.0401. The van der Waals surface area contributed by atoms with Gasteiger partial charge in [0.2, 0.25) is 5.91 Å². The van der Waals surface area contributed by atoms with Gasteiger partial charge in [0, 0.05) is 12.1 Å². The van der Waals surface area contributed by atoms with E-state index in [1.807, 2.05) is 0 Å². The van der Waals surface area contributed by atoms with Gasteiger partial charge in [0.15, 0.2) is 0 Å². The van der Waals surface area contributed by atoms with Crippen LogP contribution in [-0.2, 0) is 9.53 Å². The number of benzene rings is 1. The molecule has 0 radical (unpaired) electrons. The van der Waals surface area contributed by atoms with Crippen LogP contribution >= 0.6 is 0 Å². The first-order chi connectivity index (χ1) is 8.19. The van der Waals surface area contributed by atoms with Gasteiger partial charge in [-0.2, -0.15) is 0 Å². The molecule has 0 saturated heterocycles. The van der Waals surface area contributed by atoms with Crippen molar-refractivity contribution in [1.82, 2.24) is 0 Å². The summed E-state index contributed by atoms with van der Waals surface area (Å²) < 4.78 is 4.59. The number of nitrogens with one attached hydrogen (secondary N) is 1. The van der Waals surface area contributed by atoms with Crippen LogP contribution in [0.1, 0.15) is 29.6 Å².